The zero-order valence-corrected chi connectivity index (χ0v) is 11.3. The van der Waals surface area contributed by atoms with Gasteiger partial charge in [0.2, 0.25) is 5.91 Å². The highest BCUT2D eigenvalue weighted by molar-refractivity contribution is 5.78. The van der Waals surface area contributed by atoms with Crippen LogP contribution in [0.25, 0.3) is 0 Å². The number of amides is 1. The van der Waals surface area contributed by atoms with Crippen molar-refractivity contribution in [1.82, 2.24) is 10.6 Å². The van der Waals surface area contributed by atoms with E-state index >= 15 is 0 Å². The predicted molar refractivity (Wildman–Crippen MR) is 68.9 cm³/mol. The first-order valence-electron chi connectivity index (χ1n) is 6.57. The molecular weight excluding hydrogens is 216 g/mol. The second kappa shape index (κ2) is 6.97. The normalized spacial score (nSPS) is 15.9. The van der Waals surface area contributed by atoms with Crippen molar-refractivity contribution >= 4 is 5.91 Å². The van der Waals surface area contributed by atoms with Gasteiger partial charge in [0.05, 0.1) is 6.54 Å². The molecule has 0 spiro atoms. The third-order valence-corrected chi connectivity index (χ3v) is 2.62. The van der Waals surface area contributed by atoms with Crippen molar-refractivity contribution in [2.45, 2.75) is 45.6 Å². The van der Waals surface area contributed by atoms with E-state index in [1.807, 2.05) is 20.8 Å². The highest BCUT2D eigenvalue weighted by Crippen LogP contribution is 2.28. The number of carbonyl (C=O) groups excluding carboxylic acids is 1. The summed E-state index contributed by atoms with van der Waals surface area (Å²) >= 11 is 0. The Labute approximate surface area is 104 Å². The first-order valence-corrected chi connectivity index (χ1v) is 6.57. The molecule has 0 aliphatic heterocycles. The molecule has 1 saturated carbocycles. The Morgan fingerprint density at radius 2 is 2.06 bits per heavy atom. The van der Waals surface area contributed by atoms with Gasteiger partial charge in [-0.15, -0.1) is 0 Å². The van der Waals surface area contributed by atoms with Crippen molar-refractivity contribution in [2.75, 3.05) is 26.3 Å². The largest absolute Gasteiger partial charge is 0.381 e. The van der Waals surface area contributed by atoms with Crippen molar-refractivity contribution < 1.29 is 9.53 Å². The average molecular weight is 242 g/mol. The van der Waals surface area contributed by atoms with Gasteiger partial charge in [0.25, 0.3) is 0 Å². The van der Waals surface area contributed by atoms with E-state index in [0.29, 0.717) is 13.1 Å². The van der Waals surface area contributed by atoms with E-state index in [4.69, 9.17) is 4.74 Å². The van der Waals surface area contributed by atoms with E-state index < -0.39 is 0 Å². The summed E-state index contributed by atoms with van der Waals surface area (Å²) in [5, 5.41) is 6.03. The molecule has 100 valence electrons. The molecule has 1 rings (SSSR count). The van der Waals surface area contributed by atoms with Crippen LogP contribution in [0.3, 0.4) is 0 Å². The summed E-state index contributed by atoms with van der Waals surface area (Å²) < 4.78 is 5.49. The van der Waals surface area contributed by atoms with Gasteiger partial charge in [-0.1, -0.05) is 0 Å². The van der Waals surface area contributed by atoms with Crippen molar-refractivity contribution in [3.05, 3.63) is 0 Å². The second-order valence-electron chi connectivity index (χ2n) is 5.83. The van der Waals surface area contributed by atoms with Crippen LogP contribution in [0.5, 0.6) is 0 Å². The molecular formula is C13H26N2O2. The molecule has 17 heavy (non-hydrogen) atoms. The van der Waals surface area contributed by atoms with Crippen molar-refractivity contribution in [2.24, 2.45) is 5.92 Å². The smallest absolute Gasteiger partial charge is 0.233 e. The van der Waals surface area contributed by atoms with Gasteiger partial charge in [0, 0.05) is 25.3 Å². The summed E-state index contributed by atoms with van der Waals surface area (Å²) in [6.45, 7) is 8.88. The lowest BCUT2D eigenvalue weighted by atomic mass is 10.1. The quantitative estimate of drug-likeness (QED) is 0.631. The summed E-state index contributed by atoms with van der Waals surface area (Å²) in [6, 6.07) is 0. The van der Waals surface area contributed by atoms with Crippen LogP contribution in [-0.4, -0.2) is 37.7 Å². The lowest BCUT2D eigenvalue weighted by Gasteiger charge is -2.19. The van der Waals surface area contributed by atoms with Gasteiger partial charge in [-0.3, -0.25) is 4.79 Å². The molecule has 0 saturated heterocycles. The zero-order valence-electron chi connectivity index (χ0n) is 11.3. The Balaban J connectivity index is 1.85. The minimum atomic E-state index is -0.00921. The van der Waals surface area contributed by atoms with Crippen molar-refractivity contribution in [3.8, 4) is 0 Å². The zero-order chi connectivity index (χ0) is 12.7. The van der Waals surface area contributed by atoms with Crippen LogP contribution in [0.1, 0.15) is 40.0 Å². The molecule has 1 fully saturated rings. The molecule has 2 N–H and O–H groups in total. The van der Waals surface area contributed by atoms with Crippen LogP contribution in [0.4, 0.5) is 0 Å². The molecule has 0 aromatic heterocycles. The molecule has 0 heterocycles. The predicted octanol–water partition coefficient (Wildman–Crippen LogP) is 1.31. The van der Waals surface area contributed by atoms with Crippen molar-refractivity contribution in [3.63, 3.8) is 0 Å². The molecule has 0 unspecified atom stereocenters. The number of ether oxygens (including phenoxy) is 1. The second-order valence-corrected chi connectivity index (χ2v) is 5.83. The van der Waals surface area contributed by atoms with Crippen LogP contribution in [0, 0.1) is 5.92 Å². The van der Waals surface area contributed by atoms with Gasteiger partial charge in [-0.2, -0.15) is 0 Å². The van der Waals surface area contributed by atoms with Crippen LogP contribution in [0.15, 0.2) is 0 Å². The van der Waals surface area contributed by atoms with Crippen LogP contribution >= 0.6 is 0 Å². The minimum Gasteiger partial charge on any atom is -0.381 e. The van der Waals surface area contributed by atoms with E-state index in [9.17, 15) is 4.79 Å². The molecule has 0 atom stereocenters. The molecule has 0 aromatic rings. The highest BCUT2D eigenvalue weighted by Gasteiger charge is 2.20. The lowest BCUT2D eigenvalue weighted by Crippen LogP contribution is -2.43. The average Bonchev–Trinajstić information content (AvgIpc) is 3.03. The van der Waals surface area contributed by atoms with E-state index in [1.165, 1.54) is 12.8 Å². The summed E-state index contributed by atoms with van der Waals surface area (Å²) in [5.74, 6) is 0.877. The molecule has 4 nitrogen and oxygen atoms in total. The Hall–Kier alpha value is -0.610. The van der Waals surface area contributed by atoms with Crippen LogP contribution < -0.4 is 10.6 Å². The van der Waals surface area contributed by atoms with Crippen LogP contribution in [-0.2, 0) is 9.53 Å². The first-order chi connectivity index (χ1) is 7.97. The first kappa shape index (κ1) is 14.5. The molecule has 1 amide bonds. The molecule has 1 aliphatic carbocycles. The molecule has 4 heteroatoms. The number of hydrogen-bond acceptors (Lipinski definition) is 3. The molecule has 0 radical (unpaired) electrons. The number of nitrogens with one attached hydrogen (secondary N) is 2. The Morgan fingerprint density at radius 1 is 1.35 bits per heavy atom. The van der Waals surface area contributed by atoms with Crippen molar-refractivity contribution in [1.29, 1.82) is 0 Å². The van der Waals surface area contributed by atoms with Gasteiger partial charge >= 0.3 is 0 Å². The lowest BCUT2D eigenvalue weighted by molar-refractivity contribution is -0.120. The van der Waals surface area contributed by atoms with Gasteiger partial charge in [-0.25, -0.2) is 0 Å². The van der Waals surface area contributed by atoms with E-state index in [2.05, 4.69) is 10.6 Å². The summed E-state index contributed by atoms with van der Waals surface area (Å²) in [5.41, 5.74) is -0.00921. The fraction of sp³-hybridized carbons (Fsp3) is 0.923. The van der Waals surface area contributed by atoms with Gasteiger partial charge < -0.3 is 15.4 Å². The topological polar surface area (TPSA) is 50.4 Å². The third-order valence-electron chi connectivity index (χ3n) is 2.62. The standard InChI is InChI=1S/C13H26N2O2/c1-13(2,3)15-9-12(16)14-7-4-8-17-10-11-5-6-11/h11,15H,4-10H2,1-3H3,(H,14,16). The maximum absolute atomic E-state index is 11.4. The van der Waals surface area contributed by atoms with Gasteiger partial charge in [-0.05, 0) is 46.0 Å². The maximum Gasteiger partial charge on any atom is 0.233 e. The minimum absolute atomic E-state index is 0.00921. The SMILES string of the molecule is CC(C)(C)NCC(=O)NCCCOCC1CC1. The highest BCUT2D eigenvalue weighted by atomic mass is 16.5. The number of hydrogen-bond donors (Lipinski definition) is 2. The summed E-state index contributed by atoms with van der Waals surface area (Å²) in [6.07, 6.45) is 3.55. The molecule has 1 aliphatic rings. The van der Waals surface area contributed by atoms with E-state index in [1.54, 1.807) is 0 Å². The van der Waals surface area contributed by atoms with E-state index in [-0.39, 0.29) is 11.4 Å². The molecule has 0 aromatic carbocycles. The summed E-state index contributed by atoms with van der Waals surface area (Å²) in [7, 11) is 0. The third kappa shape index (κ3) is 9.12. The van der Waals surface area contributed by atoms with E-state index in [0.717, 1.165) is 25.6 Å². The Bertz CT molecular complexity index is 232. The fourth-order valence-electron chi connectivity index (χ4n) is 1.34. The summed E-state index contributed by atoms with van der Waals surface area (Å²) in [4.78, 5) is 11.4. The number of carbonyl (C=O) groups is 1. The molecule has 0 bridgehead atoms. The Kier molecular flexibility index (Phi) is 5.92. The number of rotatable bonds is 8. The van der Waals surface area contributed by atoms with Crippen LogP contribution in [0.2, 0.25) is 0 Å². The monoisotopic (exact) mass is 242 g/mol. The maximum atomic E-state index is 11.4. The van der Waals surface area contributed by atoms with Gasteiger partial charge in [0.15, 0.2) is 0 Å². The Morgan fingerprint density at radius 3 is 2.65 bits per heavy atom. The van der Waals surface area contributed by atoms with Gasteiger partial charge in [0.1, 0.15) is 0 Å². The fourth-order valence-corrected chi connectivity index (χ4v) is 1.34.